The van der Waals surface area contributed by atoms with Gasteiger partial charge in [-0.25, -0.2) is 4.98 Å². The van der Waals surface area contributed by atoms with Crippen LogP contribution in [0.1, 0.15) is 20.8 Å². The zero-order valence-corrected chi connectivity index (χ0v) is 16.0. The van der Waals surface area contributed by atoms with E-state index in [1.165, 1.54) is 5.52 Å². The first kappa shape index (κ1) is 22.5. The highest BCUT2D eigenvalue weighted by molar-refractivity contribution is 7.85. The van der Waals surface area contributed by atoms with Gasteiger partial charge >= 0.3 is 0 Å². The lowest BCUT2D eigenvalue weighted by molar-refractivity contribution is 0.348. The van der Waals surface area contributed by atoms with Crippen LogP contribution in [0.2, 0.25) is 0 Å². The smallest absolute Gasteiger partial charge is 0.261 e. The first-order valence-electron chi connectivity index (χ1n) is 6.81. The van der Waals surface area contributed by atoms with E-state index in [0.717, 1.165) is 12.1 Å². The highest BCUT2D eigenvalue weighted by atomic mass is 32.2. The van der Waals surface area contributed by atoms with Crippen LogP contribution < -0.4 is 0 Å². The number of nitrogens with zero attached hydrogens (tertiary/aromatic N) is 2. The van der Waals surface area contributed by atoms with Gasteiger partial charge in [-0.3, -0.25) is 9.11 Å². The van der Waals surface area contributed by atoms with Crippen molar-refractivity contribution in [2.75, 3.05) is 12.5 Å². The Morgan fingerprint density at radius 2 is 1.42 bits per heavy atom. The van der Waals surface area contributed by atoms with Gasteiger partial charge < -0.3 is 4.57 Å². The second-order valence-corrected chi connectivity index (χ2v) is 9.32. The third-order valence-electron chi connectivity index (χ3n) is 2.17. The summed E-state index contributed by atoms with van der Waals surface area (Å²) in [5.74, 6) is 0. The molecule has 1 aromatic carbocycles. The molecule has 24 heavy (non-hydrogen) atoms. The molecular formula is C14H24N2O6S2. The number of hydrogen-bond donors (Lipinski definition) is 2. The minimum atomic E-state index is -3.67. The molecule has 0 saturated heterocycles. The number of fused-ring (bicyclic) bond motifs is 1. The number of imidazole rings is 1. The van der Waals surface area contributed by atoms with E-state index in [9.17, 15) is 16.8 Å². The predicted molar refractivity (Wildman–Crippen MR) is 94.1 cm³/mol. The fraction of sp³-hybridized carbons (Fsp3) is 0.500. The zero-order valence-electron chi connectivity index (χ0n) is 14.3. The number of rotatable bonds is 1. The van der Waals surface area contributed by atoms with Crippen LogP contribution >= 0.6 is 0 Å². The van der Waals surface area contributed by atoms with Crippen LogP contribution in [0.3, 0.4) is 0 Å². The molecule has 0 radical (unpaired) electrons. The van der Waals surface area contributed by atoms with Crippen LogP contribution in [-0.4, -0.2) is 48.0 Å². The molecule has 0 atom stereocenters. The number of hydrogen-bond acceptors (Lipinski definition) is 5. The van der Waals surface area contributed by atoms with Crippen LogP contribution in [-0.2, 0) is 26.8 Å². The molecule has 0 aliphatic heterocycles. The summed E-state index contributed by atoms with van der Waals surface area (Å²) >= 11 is 0. The monoisotopic (exact) mass is 380 g/mol. The number of aromatic nitrogens is 2. The molecule has 0 unspecified atom stereocenters. The molecule has 1 aromatic heterocycles. The second-order valence-electron chi connectivity index (χ2n) is 6.39. The van der Waals surface area contributed by atoms with Crippen molar-refractivity contribution in [2.45, 2.75) is 27.3 Å². The lowest BCUT2D eigenvalue weighted by Gasteiger charge is -2.19. The summed E-state index contributed by atoms with van der Waals surface area (Å²) in [6.45, 7) is 7.72. The fourth-order valence-electron chi connectivity index (χ4n) is 1.65. The molecule has 138 valence electrons. The molecule has 1 heterocycles. The Labute approximate surface area is 143 Å². The normalized spacial score (nSPS) is 12.0. The maximum absolute atomic E-state index is 9.19. The third kappa shape index (κ3) is 14.1. The van der Waals surface area contributed by atoms with Gasteiger partial charge in [0.05, 0.1) is 29.9 Å². The molecule has 0 aliphatic rings. The first-order valence-corrected chi connectivity index (χ1v) is 10.5. The molecule has 0 saturated carbocycles. The average molecular weight is 380 g/mol. The third-order valence-corrected chi connectivity index (χ3v) is 2.17. The summed E-state index contributed by atoms with van der Waals surface area (Å²) < 4.78 is 54.0. The summed E-state index contributed by atoms with van der Waals surface area (Å²) in [7, 11) is -7.33. The Bertz CT molecular complexity index is 803. The van der Waals surface area contributed by atoms with Gasteiger partial charge in [-0.1, -0.05) is 32.9 Å². The largest absolute Gasteiger partial charge is 0.330 e. The van der Waals surface area contributed by atoms with E-state index in [0.29, 0.717) is 17.9 Å². The summed E-state index contributed by atoms with van der Waals surface area (Å²) in [6.07, 6.45) is 3.36. The first-order chi connectivity index (χ1) is 10.6. The summed E-state index contributed by atoms with van der Waals surface area (Å²) in [5, 5.41) is 0. The van der Waals surface area contributed by atoms with E-state index in [1.54, 1.807) is 0 Å². The van der Waals surface area contributed by atoms with Crippen LogP contribution in [0.15, 0.2) is 30.6 Å². The molecule has 0 amide bonds. The van der Waals surface area contributed by atoms with Gasteiger partial charge in [0.2, 0.25) is 0 Å². The zero-order chi connectivity index (χ0) is 19.2. The van der Waals surface area contributed by atoms with Gasteiger partial charge in [0.25, 0.3) is 20.2 Å². The Hall–Kier alpha value is -1.49. The SMILES string of the molecule is CC(C)(C)Cn1cnc2ccccc21.CS(=O)(=O)O.CS(=O)(=O)O. The predicted octanol–water partition coefficient (Wildman–Crippen LogP) is 2.09. The molecule has 8 nitrogen and oxygen atoms in total. The summed E-state index contributed by atoms with van der Waals surface area (Å²) in [5.41, 5.74) is 2.60. The van der Waals surface area contributed by atoms with Gasteiger partial charge in [-0.15, -0.1) is 0 Å². The molecule has 10 heteroatoms. The van der Waals surface area contributed by atoms with Crippen molar-refractivity contribution in [1.82, 2.24) is 9.55 Å². The van der Waals surface area contributed by atoms with Crippen LogP contribution in [0.4, 0.5) is 0 Å². The highest BCUT2D eigenvalue weighted by Crippen LogP contribution is 2.20. The minimum absolute atomic E-state index is 0.295. The van der Waals surface area contributed by atoms with Crippen molar-refractivity contribution in [1.29, 1.82) is 0 Å². The van der Waals surface area contributed by atoms with E-state index >= 15 is 0 Å². The standard InChI is InChI=1S/C12H16N2.2CH4O3S/c1-12(2,3)8-14-9-13-10-6-4-5-7-11(10)14;2*1-5(2,3)4/h4-7,9H,8H2,1-3H3;2*1H3,(H,2,3,4). The lowest BCUT2D eigenvalue weighted by atomic mass is 9.97. The molecular weight excluding hydrogens is 356 g/mol. The highest BCUT2D eigenvalue weighted by Gasteiger charge is 2.12. The summed E-state index contributed by atoms with van der Waals surface area (Å²) in [4.78, 5) is 4.37. The molecule has 0 spiro atoms. The van der Waals surface area contributed by atoms with Crippen LogP contribution in [0.5, 0.6) is 0 Å². The maximum Gasteiger partial charge on any atom is 0.261 e. The molecule has 2 aromatic rings. The number of benzene rings is 1. The van der Waals surface area contributed by atoms with E-state index in [-0.39, 0.29) is 0 Å². The Morgan fingerprint density at radius 1 is 1.00 bits per heavy atom. The quantitative estimate of drug-likeness (QED) is 0.725. The lowest BCUT2D eigenvalue weighted by Crippen LogP contribution is -2.14. The number of para-hydroxylation sites is 2. The van der Waals surface area contributed by atoms with Gasteiger partial charge in [0, 0.05) is 6.54 Å². The molecule has 2 N–H and O–H groups in total. The maximum atomic E-state index is 9.19. The Balaban J connectivity index is 0.000000442. The Morgan fingerprint density at radius 3 is 1.83 bits per heavy atom. The van der Waals surface area contributed by atoms with E-state index < -0.39 is 20.2 Å². The van der Waals surface area contributed by atoms with E-state index in [4.69, 9.17) is 9.11 Å². The van der Waals surface area contributed by atoms with Crippen molar-refractivity contribution in [2.24, 2.45) is 5.41 Å². The van der Waals surface area contributed by atoms with Crippen molar-refractivity contribution in [3.63, 3.8) is 0 Å². The van der Waals surface area contributed by atoms with Crippen LogP contribution in [0.25, 0.3) is 11.0 Å². The second kappa shape index (κ2) is 8.56. The summed E-state index contributed by atoms with van der Waals surface area (Å²) in [6, 6.07) is 8.25. The molecule has 0 bridgehead atoms. The van der Waals surface area contributed by atoms with Crippen LogP contribution in [0, 0.1) is 5.41 Å². The van der Waals surface area contributed by atoms with Gasteiger partial charge in [0.1, 0.15) is 0 Å². The van der Waals surface area contributed by atoms with Gasteiger partial charge in [-0.05, 0) is 17.5 Å². The van der Waals surface area contributed by atoms with Crippen molar-refractivity contribution >= 4 is 31.3 Å². The van der Waals surface area contributed by atoms with Crippen molar-refractivity contribution in [3.8, 4) is 0 Å². The topological polar surface area (TPSA) is 127 Å². The average Bonchev–Trinajstić information content (AvgIpc) is 2.66. The van der Waals surface area contributed by atoms with Gasteiger partial charge in [0.15, 0.2) is 0 Å². The van der Waals surface area contributed by atoms with Gasteiger partial charge in [-0.2, -0.15) is 16.8 Å². The Kier molecular flexibility index (Phi) is 8.03. The molecule has 2 rings (SSSR count). The fourth-order valence-corrected chi connectivity index (χ4v) is 1.65. The molecule has 0 aliphatic carbocycles. The van der Waals surface area contributed by atoms with E-state index in [1.807, 2.05) is 12.4 Å². The van der Waals surface area contributed by atoms with Crippen molar-refractivity contribution < 1.29 is 25.9 Å². The molecule has 0 fully saturated rings. The minimum Gasteiger partial charge on any atom is -0.330 e. The van der Waals surface area contributed by atoms with E-state index in [2.05, 4.69) is 48.5 Å². The van der Waals surface area contributed by atoms with Crippen molar-refractivity contribution in [3.05, 3.63) is 30.6 Å².